The van der Waals surface area contributed by atoms with Gasteiger partial charge in [0.15, 0.2) is 0 Å². The Morgan fingerprint density at radius 2 is 2.09 bits per heavy atom. The van der Waals surface area contributed by atoms with Crippen molar-refractivity contribution in [2.24, 2.45) is 0 Å². The standard InChI is InChI=1S/C14H18BrN5O3/c1-9-13(15)10(2)19(18-9)7-3-5-16-14(23)11-4-6-17-20(11)8-12(21)22/h4,6H,3,5,7-8H2,1-2H3,(H,16,23)(H,21,22). The average Bonchev–Trinajstić information content (AvgIpc) is 3.04. The Morgan fingerprint density at radius 1 is 1.35 bits per heavy atom. The lowest BCUT2D eigenvalue weighted by molar-refractivity contribution is -0.137. The molecule has 0 aliphatic rings. The van der Waals surface area contributed by atoms with E-state index in [0.29, 0.717) is 19.5 Å². The molecule has 2 aromatic heterocycles. The van der Waals surface area contributed by atoms with Crippen LogP contribution in [0.4, 0.5) is 0 Å². The van der Waals surface area contributed by atoms with Gasteiger partial charge in [0.05, 0.1) is 10.2 Å². The first-order valence-electron chi connectivity index (χ1n) is 7.11. The molecule has 2 heterocycles. The quantitative estimate of drug-likeness (QED) is 0.702. The van der Waals surface area contributed by atoms with E-state index in [1.165, 1.54) is 12.3 Å². The lowest BCUT2D eigenvalue weighted by atomic mass is 10.3. The summed E-state index contributed by atoms with van der Waals surface area (Å²) in [7, 11) is 0. The number of aliphatic carboxylic acids is 1. The summed E-state index contributed by atoms with van der Waals surface area (Å²) in [6.07, 6.45) is 2.12. The molecule has 1 amide bonds. The number of aryl methyl sites for hydroxylation is 2. The van der Waals surface area contributed by atoms with Crippen LogP contribution in [0.2, 0.25) is 0 Å². The third kappa shape index (κ3) is 4.19. The molecule has 0 aliphatic heterocycles. The number of hydrogen-bond donors (Lipinski definition) is 2. The molecule has 0 aliphatic carbocycles. The molecule has 0 saturated heterocycles. The molecular weight excluding hydrogens is 366 g/mol. The summed E-state index contributed by atoms with van der Waals surface area (Å²) in [5.41, 5.74) is 2.22. The number of carboxylic acids is 1. The van der Waals surface area contributed by atoms with Crippen LogP contribution in [0.3, 0.4) is 0 Å². The smallest absolute Gasteiger partial charge is 0.325 e. The maximum Gasteiger partial charge on any atom is 0.325 e. The van der Waals surface area contributed by atoms with Crippen LogP contribution in [-0.2, 0) is 17.9 Å². The Morgan fingerprint density at radius 3 is 2.70 bits per heavy atom. The van der Waals surface area contributed by atoms with Crippen molar-refractivity contribution in [1.29, 1.82) is 0 Å². The highest BCUT2D eigenvalue weighted by Crippen LogP contribution is 2.19. The maximum atomic E-state index is 12.0. The Kier molecular flexibility index (Phi) is 5.54. The Bertz CT molecular complexity index is 722. The molecule has 0 saturated carbocycles. The van der Waals surface area contributed by atoms with Crippen LogP contribution >= 0.6 is 15.9 Å². The number of nitrogens with zero attached hydrogens (tertiary/aromatic N) is 4. The van der Waals surface area contributed by atoms with Gasteiger partial charge in [0.2, 0.25) is 0 Å². The van der Waals surface area contributed by atoms with Crippen molar-refractivity contribution in [3.8, 4) is 0 Å². The van der Waals surface area contributed by atoms with Crippen molar-refractivity contribution < 1.29 is 14.7 Å². The van der Waals surface area contributed by atoms with Gasteiger partial charge in [0.25, 0.3) is 5.91 Å². The summed E-state index contributed by atoms with van der Waals surface area (Å²) in [6, 6.07) is 1.50. The first-order valence-corrected chi connectivity index (χ1v) is 7.90. The molecule has 2 aromatic rings. The van der Waals surface area contributed by atoms with Crippen molar-refractivity contribution in [2.45, 2.75) is 33.4 Å². The first kappa shape index (κ1) is 17.2. The van der Waals surface area contributed by atoms with Gasteiger partial charge in [-0.15, -0.1) is 0 Å². The Hall–Kier alpha value is -2.16. The molecule has 0 bridgehead atoms. The van der Waals surface area contributed by atoms with E-state index in [4.69, 9.17) is 5.11 Å². The van der Waals surface area contributed by atoms with Gasteiger partial charge in [-0.2, -0.15) is 10.2 Å². The number of carbonyl (C=O) groups is 2. The molecule has 0 spiro atoms. The van der Waals surface area contributed by atoms with Crippen LogP contribution in [0.5, 0.6) is 0 Å². The van der Waals surface area contributed by atoms with E-state index in [1.54, 1.807) is 0 Å². The minimum atomic E-state index is -1.04. The highest BCUT2D eigenvalue weighted by Gasteiger charge is 2.13. The number of carbonyl (C=O) groups excluding carboxylic acids is 1. The summed E-state index contributed by atoms with van der Waals surface area (Å²) in [4.78, 5) is 22.8. The Labute approximate surface area is 141 Å². The zero-order valence-corrected chi connectivity index (χ0v) is 14.5. The Balaban J connectivity index is 1.84. The van der Waals surface area contributed by atoms with E-state index in [-0.39, 0.29) is 18.1 Å². The zero-order chi connectivity index (χ0) is 17.0. The number of hydrogen-bond acceptors (Lipinski definition) is 4. The molecule has 0 aromatic carbocycles. The summed E-state index contributed by atoms with van der Waals surface area (Å²) in [5, 5.41) is 19.8. The van der Waals surface area contributed by atoms with Crippen molar-refractivity contribution in [3.05, 3.63) is 33.8 Å². The third-order valence-electron chi connectivity index (χ3n) is 3.36. The average molecular weight is 384 g/mol. The molecule has 0 unspecified atom stereocenters. The fraction of sp³-hybridized carbons (Fsp3) is 0.429. The minimum absolute atomic E-state index is 0.237. The van der Waals surface area contributed by atoms with Gasteiger partial charge in [0.1, 0.15) is 12.2 Å². The lowest BCUT2D eigenvalue weighted by Gasteiger charge is -2.08. The van der Waals surface area contributed by atoms with Crippen molar-refractivity contribution in [2.75, 3.05) is 6.54 Å². The predicted octanol–water partition coefficient (Wildman–Crippen LogP) is 1.36. The van der Waals surface area contributed by atoms with E-state index < -0.39 is 5.97 Å². The van der Waals surface area contributed by atoms with Crippen molar-refractivity contribution >= 4 is 27.8 Å². The lowest BCUT2D eigenvalue weighted by Crippen LogP contribution is -2.28. The molecule has 9 heteroatoms. The zero-order valence-electron chi connectivity index (χ0n) is 12.9. The molecule has 0 radical (unpaired) electrons. The van der Waals surface area contributed by atoms with Gasteiger partial charge in [0, 0.05) is 25.0 Å². The van der Waals surface area contributed by atoms with E-state index >= 15 is 0 Å². The van der Waals surface area contributed by atoms with Crippen LogP contribution in [0, 0.1) is 13.8 Å². The van der Waals surface area contributed by atoms with Crippen molar-refractivity contribution in [3.63, 3.8) is 0 Å². The second kappa shape index (κ2) is 7.40. The van der Waals surface area contributed by atoms with E-state index in [0.717, 1.165) is 20.5 Å². The molecular formula is C14H18BrN5O3. The van der Waals surface area contributed by atoms with Crippen LogP contribution < -0.4 is 5.32 Å². The van der Waals surface area contributed by atoms with Gasteiger partial charge in [-0.1, -0.05) is 0 Å². The summed E-state index contributed by atoms with van der Waals surface area (Å²) in [5.74, 6) is -1.38. The van der Waals surface area contributed by atoms with Gasteiger partial charge in [-0.25, -0.2) is 4.68 Å². The van der Waals surface area contributed by atoms with Gasteiger partial charge in [-0.3, -0.25) is 14.3 Å². The first-order chi connectivity index (χ1) is 10.9. The second-order valence-corrected chi connectivity index (χ2v) is 5.88. The van der Waals surface area contributed by atoms with Gasteiger partial charge < -0.3 is 10.4 Å². The number of halogens is 1. The molecule has 23 heavy (non-hydrogen) atoms. The van der Waals surface area contributed by atoms with Gasteiger partial charge in [-0.05, 0) is 42.3 Å². The van der Waals surface area contributed by atoms with Crippen LogP contribution in [0.1, 0.15) is 28.3 Å². The fourth-order valence-electron chi connectivity index (χ4n) is 2.19. The minimum Gasteiger partial charge on any atom is -0.480 e. The third-order valence-corrected chi connectivity index (χ3v) is 4.51. The second-order valence-electron chi connectivity index (χ2n) is 5.09. The van der Waals surface area contributed by atoms with Crippen LogP contribution in [-0.4, -0.2) is 43.1 Å². The topological polar surface area (TPSA) is 102 Å². The van der Waals surface area contributed by atoms with E-state index in [2.05, 4.69) is 31.4 Å². The van der Waals surface area contributed by atoms with Crippen LogP contribution in [0.25, 0.3) is 0 Å². The molecule has 0 atom stereocenters. The molecule has 124 valence electrons. The van der Waals surface area contributed by atoms with Crippen molar-refractivity contribution in [1.82, 2.24) is 24.9 Å². The summed E-state index contributed by atoms with van der Waals surface area (Å²) >= 11 is 3.48. The summed E-state index contributed by atoms with van der Waals surface area (Å²) in [6.45, 7) is 4.72. The molecule has 8 nitrogen and oxygen atoms in total. The maximum absolute atomic E-state index is 12.0. The normalized spacial score (nSPS) is 10.7. The SMILES string of the molecule is Cc1nn(CCCNC(=O)c2ccnn2CC(=O)O)c(C)c1Br. The number of rotatable bonds is 7. The number of aromatic nitrogens is 4. The molecule has 0 fully saturated rings. The predicted molar refractivity (Wildman–Crippen MR) is 86.2 cm³/mol. The number of amides is 1. The highest BCUT2D eigenvalue weighted by molar-refractivity contribution is 9.10. The fourth-order valence-corrected chi connectivity index (χ4v) is 2.48. The van der Waals surface area contributed by atoms with E-state index in [1.807, 2.05) is 18.5 Å². The highest BCUT2D eigenvalue weighted by atomic mass is 79.9. The van der Waals surface area contributed by atoms with E-state index in [9.17, 15) is 9.59 Å². The monoisotopic (exact) mass is 383 g/mol. The number of carboxylic acid groups (broad SMARTS) is 1. The molecule has 2 N–H and O–H groups in total. The van der Waals surface area contributed by atoms with Crippen LogP contribution in [0.15, 0.2) is 16.7 Å². The summed E-state index contributed by atoms with van der Waals surface area (Å²) < 4.78 is 4.05. The van der Waals surface area contributed by atoms with Gasteiger partial charge >= 0.3 is 5.97 Å². The largest absolute Gasteiger partial charge is 0.480 e. The number of nitrogens with one attached hydrogen (secondary N) is 1. The molecule has 2 rings (SSSR count).